The van der Waals surface area contributed by atoms with Gasteiger partial charge in [0.1, 0.15) is 5.65 Å². The summed E-state index contributed by atoms with van der Waals surface area (Å²) in [4.78, 5) is 15.0. The van der Waals surface area contributed by atoms with Crippen molar-refractivity contribution in [3.05, 3.63) is 140 Å². The van der Waals surface area contributed by atoms with Crippen LogP contribution in [0.3, 0.4) is 0 Å². The molecule has 0 spiro atoms. The molecule has 0 aliphatic rings. The maximum atomic E-state index is 16.2. The van der Waals surface area contributed by atoms with Crippen LogP contribution in [-0.4, -0.2) is 19.4 Å². The van der Waals surface area contributed by atoms with Gasteiger partial charge in [-0.15, -0.1) is 0 Å². The average molecular weight is 571 g/mol. The molecule has 9 rings (SSSR count). The Labute approximate surface area is 246 Å². The average Bonchev–Trinajstić information content (AvgIpc) is 3.47. The van der Waals surface area contributed by atoms with Gasteiger partial charge in [-0.1, -0.05) is 103 Å². The number of hydrogen-bond acceptors (Lipinski definition) is 4. The molecule has 6 aromatic carbocycles. The summed E-state index contributed by atoms with van der Waals surface area (Å²) in [5, 5.41) is 7.34. The van der Waals surface area contributed by atoms with E-state index in [2.05, 4.69) is 59.0 Å². The smallest absolute Gasteiger partial charge is 0.207 e. The van der Waals surface area contributed by atoms with Crippen molar-refractivity contribution in [3.8, 4) is 0 Å². The summed E-state index contributed by atoms with van der Waals surface area (Å²) in [7, 11) is -3.63. The molecule has 1 atom stereocenters. The van der Waals surface area contributed by atoms with Gasteiger partial charge in [0.05, 0.1) is 22.1 Å². The predicted molar refractivity (Wildman–Crippen MR) is 178 cm³/mol. The Morgan fingerprint density at radius 3 is 2.05 bits per heavy atom. The van der Waals surface area contributed by atoms with Gasteiger partial charge < -0.3 is 4.57 Å². The molecule has 0 bridgehead atoms. The Morgan fingerprint density at radius 1 is 0.558 bits per heavy atom. The van der Waals surface area contributed by atoms with Crippen LogP contribution >= 0.6 is 7.14 Å². The quantitative estimate of drug-likeness (QED) is 0.163. The molecule has 0 fully saturated rings. The molecule has 0 saturated heterocycles. The Bertz CT molecular complexity index is 2610. The zero-order valence-electron chi connectivity index (χ0n) is 22.9. The topological polar surface area (TPSA) is 60.2 Å². The molecule has 3 aromatic heterocycles. The van der Waals surface area contributed by atoms with E-state index in [0.29, 0.717) is 16.2 Å². The number of benzene rings is 6. The second-order valence-corrected chi connectivity index (χ2v) is 13.4. The van der Waals surface area contributed by atoms with Crippen LogP contribution in [-0.2, 0) is 4.57 Å². The van der Waals surface area contributed by atoms with Gasteiger partial charge in [-0.25, -0.2) is 15.0 Å². The van der Waals surface area contributed by atoms with Crippen LogP contribution in [0, 0.1) is 0 Å². The van der Waals surface area contributed by atoms with Crippen LogP contribution in [0.2, 0.25) is 0 Å². The van der Waals surface area contributed by atoms with E-state index < -0.39 is 7.14 Å². The van der Waals surface area contributed by atoms with E-state index in [4.69, 9.17) is 15.0 Å². The molecule has 43 heavy (non-hydrogen) atoms. The number of fused-ring (bicyclic) bond motifs is 11. The molecule has 202 valence electrons. The Kier molecular flexibility index (Phi) is 5.11. The van der Waals surface area contributed by atoms with Gasteiger partial charge in [-0.05, 0) is 41.1 Å². The van der Waals surface area contributed by atoms with Crippen LogP contribution in [0.15, 0.2) is 140 Å². The van der Waals surface area contributed by atoms with Gasteiger partial charge in [0.15, 0.2) is 5.57 Å². The fraction of sp³-hybridized carbons (Fsp3) is 0. The molecular formula is C37H23N4OP. The maximum Gasteiger partial charge on any atom is 0.207 e. The fourth-order valence-corrected chi connectivity index (χ4v) is 9.15. The lowest BCUT2D eigenvalue weighted by atomic mass is 9.99. The summed E-state index contributed by atoms with van der Waals surface area (Å²) in [5.74, 6) is 0. The van der Waals surface area contributed by atoms with E-state index in [-0.39, 0.29) is 0 Å². The van der Waals surface area contributed by atoms with Gasteiger partial charge in [0.2, 0.25) is 7.14 Å². The van der Waals surface area contributed by atoms with Crippen molar-refractivity contribution in [3.63, 3.8) is 0 Å². The highest BCUT2D eigenvalue weighted by Crippen LogP contribution is 2.47. The third-order valence-corrected chi connectivity index (χ3v) is 11.3. The first-order chi connectivity index (χ1) is 21.2. The first-order valence-electron chi connectivity index (χ1n) is 14.2. The molecule has 0 saturated carbocycles. The van der Waals surface area contributed by atoms with Gasteiger partial charge in [0.25, 0.3) is 0 Å². The van der Waals surface area contributed by atoms with Crippen molar-refractivity contribution in [2.24, 2.45) is 0 Å². The third kappa shape index (κ3) is 3.40. The molecule has 5 nitrogen and oxygen atoms in total. The van der Waals surface area contributed by atoms with Gasteiger partial charge in [0, 0.05) is 38.4 Å². The lowest BCUT2D eigenvalue weighted by Gasteiger charge is -2.22. The summed E-state index contributed by atoms with van der Waals surface area (Å²) < 4.78 is 18.4. The largest absolute Gasteiger partial charge is 0.305 e. The second kappa shape index (κ2) is 9.06. The summed E-state index contributed by atoms with van der Waals surface area (Å²) in [5.41, 5.74) is 4.79. The number of hydrogen-bond donors (Lipinski definition) is 0. The lowest BCUT2D eigenvalue weighted by molar-refractivity contribution is 0.591. The monoisotopic (exact) mass is 570 g/mol. The molecule has 9 aromatic rings. The van der Waals surface area contributed by atoms with E-state index in [1.165, 1.54) is 0 Å². The van der Waals surface area contributed by atoms with Crippen molar-refractivity contribution >= 4 is 83.3 Å². The number of nitrogens with zero attached hydrogens (tertiary/aromatic N) is 4. The SMILES string of the molecule is O=P(c1ccccc1)(c1ncc2ccccc2n1)c1cc2ccccc2c2c3ccccc3n3c4ccccc4nc3c12. The van der Waals surface area contributed by atoms with Crippen LogP contribution < -0.4 is 16.2 Å². The minimum absolute atomic E-state index is 0.316. The van der Waals surface area contributed by atoms with Crippen LogP contribution in [0.5, 0.6) is 0 Å². The zero-order chi connectivity index (χ0) is 28.5. The Balaban J connectivity index is 1.57. The number of pyridine rings is 1. The van der Waals surface area contributed by atoms with Gasteiger partial charge >= 0.3 is 0 Å². The van der Waals surface area contributed by atoms with Crippen LogP contribution in [0.1, 0.15) is 0 Å². The molecule has 0 N–H and O–H groups in total. The molecular weight excluding hydrogens is 547 g/mol. The summed E-state index contributed by atoms with van der Waals surface area (Å²) in [6, 6.07) is 44.5. The molecule has 0 aliphatic heterocycles. The highest BCUT2D eigenvalue weighted by Gasteiger charge is 2.36. The highest BCUT2D eigenvalue weighted by molar-refractivity contribution is 7.85. The van der Waals surface area contributed by atoms with Crippen molar-refractivity contribution in [1.82, 2.24) is 19.4 Å². The van der Waals surface area contributed by atoms with Crippen LogP contribution in [0.4, 0.5) is 0 Å². The summed E-state index contributed by atoms with van der Waals surface area (Å²) in [6.07, 6.45) is 1.78. The number of imidazole rings is 1. The minimum Gasteiger partial charge on any atom is -0.305 e. The Morgan fingerprint density at radius 2 is 1.21 bits per heavy atom. The standard InChI is InChI=1S/C37H23N4OP/c42-43(26-14-2-1-3-15-26,37-38-23-25-13-5-8-18-29(25)40-37)33-22-24-12-4-6-16-27(24)34-28-17-7-10-20-31(28)41-32-21-11-9-19-30(32)39-36(41)35(33)34/h1-23H. The van der Waals surface area contributed by atoms with E-state index in [9.17, 15) is 0 Å². The third-order valence-electron chi connectivity index (χ3n) is 8.44. The fourth-order valence-electron chi connectivity index (χ4n) is 6.52. The van der Waals surface area contributed by atoms with Crippen molar-refractivity contribution < 1.29 is 4.57 Å². The zero-order valence-corrected chi connectivity index (χ0v) is 23.8. The van der Waals surface area contributed by atoms with E-state index in [1.54, 1.807) is 6.20 Å². The Hall–Kier alpha value is -5.38. The maximum absolute atomic E-state index is 16.2. The van der Waals surface area contributed by atoms with Gasteiger partial charge in [-0.2, -0.15) is 0 Å². The predicted octanol–water partition coefficient (Wildman–Crippen LogP) is 7.53. The summed E-state index contributed by atoms with van der Waals surface area (Å²) in [6.45, 7) is 0. The first-order valence-corrected chi connectivity index (χ1v) is 15.9. The molecule has 0 radical (unpaired) electrons. The lowest BCUT2D eigenvalue weighted by Crippen LogP contribution is -2.30. The van der Waals surface area contributed by atoms with Crippen molar-refractivity contribution in [1.29, 1.82) is 0 Å². The van der Waals surface area contributed by atoms with Gasteiger partial charge in [-0.3, -0.25) is 4.40 Å². The molecule has 1 unspecified atom stereocenters. The summed E-state index contributed by atoms with van der Waals surface area (Å²) >= 11 is 0. The van der Waals surface area contributed by atoms with E-state index in [0.717, 1.165) is 60.0 Å². The van der Waals surface area contributed by atoms with E-state index >= 15 is 4.57 Å². The van der Waals surface area contributed by atoms with E-state index in [1.807, 2.05) is 78.9 Å². The van der Waals surface area contributed by atoms with Crippen molar-refractivity contribution in [2.45, 2.75) is 0 Å². The second-order valence-electron chi connectivity index (χ2n) is 10.8. The molecule has 3 heterocycles. The minimum atomic E-state index is -3.63. The first kappa shape index (κ1) is 24.2. The van der Waals surface area contributed by atoms with Crippen LogP contribution in [0.25, 0.3) is 60.0 Å². The number of para-hydroxylation sites is 4. The van der Waals surface area contributed by atoms with Crippen molar-refractivity contribution in [2.75, 3.05) is 0 Å². The number of rotatable bonds is 3. The molecule has 0 aliphatic carbocycles. The molecule has 6 heteroatoms. The number of aromatic nitrogens is 4. The normalized spacial score (nSPS) is 13.4. The highest BCUT2D eigenvalue weighted by atomic mass is 31.2. The molecule has 0 amide bonds.